The topological polar surface area (TPSA) is 41.1 Å². The van der Waals surface area contributed by atoms with Crippen LogP contribution in [-0.2, 0) is 4.79 Å². The summed E-state index contributed by atoms with van der Waals surface area (Å²) in [6.45, 7) is 3.54. The summed E-state index contributed by atoms with van der Waals surface area (Å²) in [5, 5.41) is 7.85. The van der Waals surface area contributed by atoms with E-state index in [4.69, 9.17) is 11.6 Å². The Kier molecular flexibility index (Phi) is 4.27. The minimum absolute atomic E-state index is 0.179. The number of halogens is 1. The molecular formula is C15H17ClN2O. The summed E-state index contributed by atoms with van der Waals surface area (Å²) in [4.78, 5) is 11.5. The number of anilines is 1. The number of hydrogen-bond donors (Lipinski definition) is 2. The van der Waals surface area contributed by atoms with Crippen LogP contribution < -0.4 is 10.6 Å². The number of nitrogens with one attached hydrogen (secondary N) is 2. The van der Waals surface area contributed by atoms with Crippen molar-refractivity contribution < 1.29 is 4.79 Å². The normalized spacial score (nSPS) is 13.8. The van der Waals surface area contributed by atoms with Gasteiger partial charge in [0.05, 0.1) is 6.17 Å². The molecule has 2 atom stereocenters. The molecule has 1 amide bonds. The average Bonchev–Trinajstić information content (AvgIpc) is 2.39. The number of alkyl halides is 1. The van der Waals surface area contributed by atoms with E-state index < -0.39 is 5.38 Å². The molecule has 0 radical (unpaired) electrons. The first kappa shape index (κ1) is 13.7. The van der Waals surface area contributed by atoms with E-state index in [9.17, 15) is 4.79 Å². The van der Waals surface area contributed by atoms with Gasteiger partial charge in [0, 0.05) is 11.1 Å². The van der Waals surface area contributed by atoms with Crippen LogP contribution in [0.2, 0.25) is 0 Å². The Morgan fingerprint density at radius 2 is 1.79 bits per heavy atom. The average molecular weight is 277 g/mol. The van der Waals surface area contributed by atoms with Gasteiger partial charge in [-0.05, 0) is 25.3 Å². The standard InChI is InChI=1S/C15H17ClN2O/c1-10(16)15(19)18-11(2)17-14-9-5-7-12-6-3-4-8-13(12)14/h3-11,17H,1-2H3,(H,18,19). The molecule has 2 unspecified atom stereocenters. The predicted octanol–water partition coefficient (Wildman–Crippen LogP) is 3.34. The van der Waals surface area contributed by atoms with Gasteiger partial charge in [0.25, 0.3) is 0 Å². The Labute approximate surface area is 118 Å². The van der Waals surface area contributed by atoms with Crippen molar-refractivity contribution in [3.63, 3.8) is 0 Å². The molecule has 0 aliphatic rings. The van der Waals surface area contributed by atoms with Crippen molar-refractivity contribution in [1.82, 2.24) is 5.32 Å². The van der Waals surface area contributed by atoms with Crippen LogP contribution in [0.4, 0.5) is 5.69 Å². The number of carbonyl (C=O) groups is 1. The predicted molar refractivity (Wildman–Crippen MR) is 80.5 cm³/mol. The molecule has 0 aliphatic carbocycles. The highest BCUT2D eigenvalue weighted by Gasteiger charge is 2.12. The maximum Gasteiger partial charge on any atom is 0.239 e. The summed E-state index contributed by atoms with van der Waals surface area (Å²) in [5.74, 6) is -0.179. The second-order valence-electron chi connectivity index (χ2n) is 4.52. The van der Waals surface area contributed by atoms with Crippen molar-refractivity contribution in [3.8, 4) is 0 Å². The number of hydrogen-bond acceptors (Lipinski definition) is 2. The monoisotopic (exact) mass is 276 g/mol. The van der Waals surface area contributed by atoms with Gasteiger partial charge in [-0.1, -0.05) is 36.4 Å². The highest BCUT2D eigenvalue weighted by atomic mass is 35.5. The smallest absolute Gasteiger partial charge is 0.239 e. The summed E-state index contributed by atoms with van der Waals surface area (Å²) < 4.78 is 0. The van der Waals surface area contributed by atoms with Crippen molar-refractivity contribution in [2.75, 3.05) is 5.32 Å². The molecule has 2 aromatic carbocycles. The Morgan fingerprint density at radius 1 is 1.11 bits per heavy atom. The lowest BCUT2D eigenvalue weighted by Crippen LogP contribution is -2.41. The summed E-state index contributed by atoms with van der Waals surface area (Å²) in [7, 11) is 0. The van der Waals surface area contributed by atoms with Crippen molar-refractivity contribution >= 4 is 34.0 Å². The molecule has 0 heterocycles. The first-order valence-corrected chi connectivity index (χ1v) is 6.70. The van der Waals surface area contributed by atoms with Crippen LogP contribution in [0.1, 0.15) is 13.8 Å². The largest absolute Gasteiger partial charge is 0.365 e. The van der Waals surface area contributed by atoms with Gasteiger partial charge in [-0.15, -0.1) is 11.6 Å². The first-order valence-electron chi connectivity index (χ1n) is 6.26. The third-order valence-electron chi connectivity index (χ3n) is 2.88. The van der Waals surface area contributed by atoms with Gasteiger partial charge in [-0.2, -0.15) is 0 Å². The van der Waals surface area contributed by atoms with E-state index in [1.54, 1.807) is 6.92 Å². The van der Waals surface area contributed by atoms with Crippen molar-refractivity contribution in [2.24, 2.45) is 0 Å². The minimum Gasteiger partial charge on any atom is -0.365 e. The number of rotatable bonds is 4. The van der Waals surface area contributed by atoms with E-state index >= 15 is 0 Å². The molecule has 100 valence electrons. The van der Waals surface area contributed by atoms with Gasteiger partial charge in [0.15, 0.2) is 0 Å². The van der Waals surface area contributed by atoms with Crippen LogP contribution in [0.3, 0.4) is 0 Å². The van der Waals surface area contributed by atoms with Crippen molar-refractivity contribution in [3.05, 3.63) is 42.5 Å². The highest BCUT2D eigenvalue weighted by molar-refractivity contribution is 6.30. The molecule has 4 heteroatoms. The van der Waals surface area contributed by atoms with Crippen molar-refractivity contribution in [1.29, 1.82) is 0 Å². The Bertz CT molecular complexity index is 578. The Balaban J connectivity index is 2.15. The zero-order chi connectivity index (χ0) is 13.8. The lowest BCUT2D eigenvalue weighted by molar-refractivity contribution is -0.120. The molecule has 0 saturated heterocycles. The summed E-state index contributed by atoms with van der Waals surface area (Å²) in [5.41, 5.74) is 0.994. The van der Waals surface area contributed by atoms with Gasteiger partial charge in [-0.3, -0.25) is 4.79 Å². The SMILES string of the molecule is CC(NC(=O)C(C)Cl)Nc1cccc2ccccc12. The molecule has 0 saturated carbocycles. The molecule has 0 aromatic heterocycles. The van der Waals surface area contributed by atoms with Crippen LogP contribution >= 0.6 is 11.6 Å². The molecule has 2 rings (SSSR count). The van der Waals surface area contributed by atoms with E-state index in [1.165, 1.54) is 0 Å². The quantitative estimate of drug-likeness (QED) is 0.664. The molecule has 2 aromatic rings. The zero-order valence-corrected chi connectivity index (χ0v) is 11.7. The van der Waals surface area contributed by atoms with Gasteiger partial charge in [0.2, 0.25) is 5.91 Å². The third-order valence-corrected chi connectivity index (χ3v) is 3.08. The van der Waals surface area contributed by atoms with Gasteiger partial charge in [0.1, 0.15) is 5.38 Å². The summed E-state index contributed by atoms with van der Waals surface area (Å²) >= 11 is 5.73. The second-order valence-corrected chi connectivity index (χ2v) is 5.17. The van der Waals surface area contributed by atoms with E-state index in [0.717, 1.165) is 16.5 Å². The van der Waals surface area contributed by atoms with Crippen LogP contribution in [0.5, 0.6) is 0 Å². The molecule has 0 aliphatic heterocycles. The zero-order valence-electron chi connectivity index (χ0n) is 11.0. The lowest BCUT2D eigenvalue weighted by atomic mass is 10.1. The minimum atomic E-state index is -0.531. The fourth-order valence-electron chi connectivity index (χ4n) is 1.95. The van der Waals surface area contributed by atoms with E-state index in [-0.39, 0.29) is 12.1 Å². The maximum absolute atomic E-state index is 11.5. The van der Waals surface area contributed by atoms with Crippen LogP contribution in [0.25, 0.3) is 10.8 Å². The van der Waals surface area contributed by atoms with Gasteiger partial charge < -0.3 is 10.6 Å². The van der Waals surface area contributed by atoms with Crippen LogP contribution in [0, 0.1) is 0 Å². The molecule has 0 fully saturated rings. The molecule has 0 spiro atoms. The number of fused-ring (bicyclic) bond motifs is 1. The highest BCUT2D eigenvalue weighted by Crippen LogP contribution is 2.23. The van der Waals surface area contributed by atoms with E-state index in [0.29, 0.717) is 0 Å². The fourth-order valence-corrected chi connectivity index (χ4v) is 2.01. The van der Waals surface area contributed by atoms with Crippen LogP contribution in [0.15, 0.2) is 42.5 Å². The second kappa shape index (κ2) is 5.93. The Hall–Kier alpha value is -1.74. The molecule has 3 nitrogen and oxygen atoms in total. The van der Waals surface area contributed by atoms with E-state index in [1.807, 2.05) is 31.2 Å². The lowest BCUT2D eigenvalue weighted by Gasteiger charge is -2.19. The first-order chi connectivity index (χ1) is 9.08. The number of amides is 1. The number of carbonyl (C=O) groups excluding carboxylic acids is 1. The maximum atomic E-state index is 11.5. The third kappa shape index (κ3) is 3.38. The van der Waals surface area contributed by atoms with Gasteiger partial charge >= 0.3 is 0 Å². The van der Waals surface area contributed by atoms with E-state index in [2.05, 4.69) is 28.8 Å². The fraction of sp³-hybridized carbons (Fsp3) is 0.267. The molecule has 19 heavy (non-hydrogen) atoms. The van der Waals surface area contributed by atoms with Gasteiger partial charge in [-0.25, -0.2) is 0 Å². The Morgan fingerprint density at radius 3 is 2.53 bits per heavy atom. The molecule has 2 N–H and O–H groups in total. The number of benzene rings is 2. The molecular weight excluding hydrogens is 260 g/mol. The summed E-state index contributed by atoms with van der Waals surface area (Å²) in [6.07, 6.45) is -0.181. The molecule has 0 bridgehead atoms. The van der Waals surface area contributed by atoms with Crippen molar-refractivity contribution in [2.45, 2.75) is 25.4 Å². The summed E-state index contributed by atoms with van der Waals surface area (Å²) in [6, 6.07) is 14.2. The van der Waals surface area contributed by atoms with Crippen LogP contribution in [-0.4, -0.2) is 17.5 Å².